The maximum absolute atomic E-state index is 11.8. The Bertz CT molecular complexity index is 659. The molecule has 1 aromatic carbocycles. The number of benzene rings is 1. The van der Waals surface area contributed by atoms with Crippen LogP contribution in [0.25, 0.3) is 0 Å². The minimum absolute atomic E-state index is 0.278. The Morgan fingerprint density at radius 1 is 1.45 bits per heavy atom. The first-order chi connectivity index (χ1) is 9.52. The summed E-state index contributed by atoms with van der Waals surface area (Å²) in [5.41, 5.74) is 8.56. The molecule has 0 saturated carbocycles. The van der Waals surface area contributed by atoms with Crippen molar-refractivity contribution in [1.29, 1.82) is 0 Å². The average molecular weight is 292 g/mol. The van der Waals surface area contributed by atoms with Crippen LogP contribution in [0.4, 0.5) is 17.1 Å². The van der Waals surface area contributed by atoms with Gasteiger partial charge < -0.3 is 15.8 Å². The fraction of sp³-hybridized carbons (Fsp3) is 0.143. The summed E-state index contributed by atoms with van der Waals surface area (Å²) in [6.45, 7) is 1.92. The quantitative estimate of drug-likeness (QED) is 0.671. The van der Waals surface area contributed by atoms with Crippen molar-refractivity contribution in [3.8, 4) is 0 Å². The first-order valence-corrected chi connectivity index (χ1v) is 6.25. The van der Waals surface area contributed by atoms with Gasteiger partial charge in [0.05, 0.1) is 35.3 Å². The summed E-state index contributed by atoms with van der Waals surface area (Å²) in [5.74, 6) is -0.511. The normalized spacial score (nSPS) is 10.2. The topological polar surface area (TPSA) is 77.2 Å². The lowest BCUT2D eigenvalue weighted by atomic mass is 10.1. The number of nitrogens with zero attached hydrogens (tertiary/aromatic N) is 1. The van der Waals surface area contributed by atoms with Crippen molar-refractivity contribution in [3.63, 3.8) is 0 Å². The van der Waals surface area contributed by atoms with Crippen LogP contribution in [0.3, 0.4) is 0 Å². The van der Waals surface area contributed by atoms with E-state index in [1.165, 1.54) is 13.2 Å². The van der Waals surface area contributed by atoms with Gasteiger partial charge in [-0.2, -0.15) is 0 Å². The van der Waals surface area contributed by atoms with Gasteiger partial charge in [0.15, 0.2) is 0 Å². The molecule has 0 aliphatic carbocycles. The Labute approximate surface area is 121 Å². The van der Waals surface area contributed by atoms with Crippen LogP contribution < -0.4 is 11.1 Å². The number of methoxy groups -OCH3 is 1. The van der Waals surface area contributed by atoms with Gasteiger partial charge in [0, 0.05) is 11.9 Å². The predicted octanol–water partition coefficient (Wildman–Crippen LogP) is 3.16. The van der Waals surface area contributed by atoms with Gasteiger partial charge in [-0.15, -0.1) is 0 Å². The molecule has 1 heterocycles. The molecule has 0 saturated heterocycles. The molecule has 2 aromatic rings. The zero-order valence-corrected chi connectivity index (χ0v) is 11.9. The summed E-state index contributed by atoms with van der Waals surface area (Å²) < 4.78 is 4.75. The third-order valence-electron chi connectivity index (χ3n) is 2.82. The molecule has 5 nitrogen and oxygen atoms in total. The highest BCUT2D eigenvalue weighted by Crippen LogP contribution is 2.32. The summed E-state index contributed by atoms with van der Waals surface area (Å²) in [4.78, 5) is 15.9. The van der Waals surface area contributed by atoms with Crippen LogP contribution in [-0.4, -0.2) is 18.1 Å². The number of halogens is 1. The number of pyridine rings is 1. The molecular formula is C14H14ClN3O2. The highest BCUT2D eigenvalue weighted by atomic mass is 35.5. The molecule has 0 atom stereocenters. The molecule has 104 valence electrons. The Morgan fingerprint density at radius 2 is 2.20 bits per heavy atom. The molecular weight excluding hydrogens is 278 g/mol. The fourth-order valence-corrected chi connectivity index (χ4v) is 2.03. The second-order valence-corrected chi connectivity index (χ2v) is 4.64. The maximum Gasteiger partial charge on any atom is 0.340 e. The van der Waals surface area contributed by atoms with Gasteiger partial charge >= 0.3 is 5.97 Å². The number of rotatable bonds is 3. The van der Waals surface area contributed by atoms with Crippen LogP contribution in [0, 0.1) is 6.92 Å². The summed E-state index contributed by atoms with van der Waals surface area (Å²) in [6, 6.07) is 4.94. The smallest absolute Gasteiger partial charge is 0.340 e. The van der Waals surface area contributed by atoms with Gasteiger partial charge in [-0.1, -0.05) is 11.6 Å². The lowest BCUT2D eigenvalue weighted by Gasteiger charge is -2.14. The number of aromatic nitrogens is 1. The molecule has 0 radical (unpaired) electrons. The Balaban J connectivity index is 2.50. The van der Waals surface area contributed by atoms with Crippen LogP contribution in [-0.2, 0) is 4.74 Å². The van der Waals surface area contributed by atoms with Gasteiger partial charge in [0.25, 0.3) is 0 Å². The molecule has 20 heavy (non-hydrogen) atoms. The van der Waals surface area contributed by atoms with E-state index >= 15 is 0 Å². The number of hydrogen-bond donors (Lipinski definition) is 2. The zero-order chi connectivity index (χ0) is 14.7. The minimum Gasteiger partial charge on any atom is -0.465 e. The van der Waals surface area contributed by atoms with E-state index in [1.54, 1.807) is 18.5 Å². The first-order valence-electron chi connectivity index (χ1n) is 5.88. The van der Waals surface area contributed by atoms with Crippen molar-refractivity contribution in [2.45, 2.75) is 6.92 Å². The molecule has 0 spiro atoms. The minimum atomic E-state index is -0.511. The maximum atomic E-state index is 11.8. The summed E-state index contributed by atoms with van der Waals surface area (Å²) in [5, 5.41) is 3.44. The van der Waals surface area contributed by atoms with Gasteiger partial charge in [-0.3, -0.25) is 4.98 Å². The highest BCUT2D eigenvalue weighted by molar-refractivity contribution is 6.34. The van der Waals surface area contributed by atoms with Gasteiger partial charge in [0.1, 0.15) is 0 Å². The summed E-state index contributed by atoms with van der Waals surface area (Å²) >= 11 is 6.17. The fourth-order valence-electron chi connectivity index (χ4n) is 1.76. The van der Waals surface area contributed by atoms with E-state index in [4.69, 9.17) is 22.1 Å². The van der Waals surface area contributed by atoms with E-state index in [0.717, 1.165) is 11.3 Å². The molecule has 0 aliphatic rings. The standard InChI is InChI=1S/C14H14ClN3O2/c1-8-3-4-17-7-12(8)18-13-10(14(19)20-2)5-9(16)6-11(13)15/h3-7,18H,16H2,1-2H3. The third-order valence-corrected chi connectivity index (χ3v) is 3.11. The van der Waals surface area contributed by atoms with Crippen LogP contribution in [0.2, 0.25) is 5.02 Å². The van der Waals surface area contributed by atoms with Crippen molar-refractivity contribution in [2.24, 2.45) is 0 Å². The molecule has 3 N–H and O–H groups in total. The Kier molecular flexibility index (Phi) is 4.10. The molecule has 0 fully saturated rings. The average Bonchev–Trinajstić information content (AvgIpc) is 2.42. The summed E-state index contributed by atoms with van der Waals surface area (Å²) in [6.07, 6.45) is 3.34. The van der Waals surface area contributed by atoms with Gasteiger partial charge in [-0.05, 0) is 30.7 Å². The van der Waals surface area contributed by atoms with E-state index in [9.17, 15) is 4.79 Å². The molecule has 6 heteroatoms. The third kappa shape index (κ3) is 2.83. The van der Waals surface area contributed by atoms with Crippen molar-refractivity contribution in [1.82, 2.24) is 4.98 Å². The molecule has 0 aliphatic heterocycles. The number of hydrogen-bond acceptors (Lipinski definition) is 5. The SMILES string of the molecule is COC(=O)c1cc(N)cc(Cl)c1Nc1cnccc1C. The van der Waals surface area contributed by atoms with E-state index in [-0.39, 0.29) is 5.56 Å². The molecule has 0 bridgehead atoms. The Hall–Kier alpha value is -2.27. The number of nitrogens with two attached hydrogens (primary N) is 1. The number of esters is 1. The molecule has 0 unspecified atom stereocenters. The van der Waals surface area contributed by atoms with Crippen LogP contribution >= 0.6 is 11.6 Å². The summed E-state index contributed by atoms with van der Waals surface area (Å²) in [7, 11) is 1.30. The van der Waals surface area contributed by atoms with Crippen LogP contribution in [0.1, 0.15) is 15.9 Å². The van der Waals surface area contributed by atoms with E-state index < -0.39 is 5.97 Å². The van der Waals surface area contributed by atoms with Crippen LogP contribution in [0.15, 0.2) is 30.6 Å². The molecule has 2 rings (SSSR count). The molecule has 1 aromatic heterocycles. The second-order valence-electron chi connectivity index (χ2n) is 4.23. The molecule has 0 amide bonds. The number of nitrogen functional groups attached to an aromatic ring is 1. The largest absolute Gasteiger partial charge is 0.465 e. The van der Waals surface area contributed by atoms with E-state index in [0.29, 0.717) is 16.4 Å². The van der Waals surface area contributed by atoms with Crippen molar-refractivity contribution >= 4 is 34.6 Å². The number of ether oxygens (including phenoxy) is 1. The number of carbonyl (C=O) groups excluding carboxylic acids is 1. The monoisotopic (exact) mass is 291 g/mol. The van der Waals surface area contributed by atoms with Gasteiger partial charge in [0.2, 0.25) is 0 Å². The van der Waals surface area contributed by atoms with Gasteiger partial charge in [-0.25, -0.2) is 4.79 Å². The van der Waals surface area contributed by atoms with Crippen molar-refractivity contribution in [2.75, 3.05) is 18.2 Å². The van der Waals surface area contributed by atoms with Crippen LogP contribution in [0.5, 0.6) is 0 Å². The number of anilines is 3. The van der Waals surface area contributed by atoms with E-state index in [2.05, 4.69) is 10.3 Å². The van der Waals surface area contributed by atoms with Crippen molar-refractivity contribution in [3.05, 3.63) is 46.7 Å². The predicted molar refractivity (Wildman–Crippen MR) is 79.5 cm³/mol. The highest BCUT2D eigenvalue weighted by Gasteiger charge is 2.17. The lowest BCUT2D eigenvalue weighted by molar-refractivity contribution is 0.0602. The second kappa shape index (κ2) is 5.79. The first kappa shape index (κ1) is 14.1. The number of aryl methyl sites for hydroxylation is 1. The zero-order valence-electron chi connectivity index (χ0n) is 11.1. The Morgan fingerprint density at radius 3 is 2.85 bits per heavy atom. The van der Waals surface area contributed by atoms with Crippen molar-refractivity contribution < 1.29 is 9.53 Å². The lowest BCUT2D eigenvalue weighted by Crippen LogP contribution is -2.08. The van der Waals surface area contributed by atoms with E-state index in [1.807, 2.05) is 13.0 Å². The number of nitrogens with one attached hydrogen (secondary N) is 1. The number of carbonyl (C=O) groups is 1.